The Balaban J connectivity index is 1.09. The second kappa shape index (κ2) is 8.43. The van der Waals surface area contributed by atoms with Gasteiger partial charge in [0.05, 0.1) is 5.69 Å². The van der Waals surface area contributed by atoms with Crippen LogP contribution in [0.4, 0.5) is 13.2 Å². The number of alkyl halides is 3. The highest BCUT2D eigenvalue weighted by Crippen LogP contribution is 2.64. The molecule has 4 heterocycles. The van der Waals surface area contributed by atoms with Crippen molar-refractivity contribution in [1.82, 2.24) is 29.6 Å². The summed E-state index contributed by atoms with van der Waals surface area (Å²) in [6, 6.07) is 2.71. The first-order valence-corrected chi connectivity index (χ1v) is 11.9. The number of pyridine rings is 1. The van der Waals surface area contributed by atoms with Gasteiger partial charge in [0.25, 0.3) is 0 Å². The van der Waals surface area contributed by atoms with Crippen molar-refractivity contribution in [2.75, 3.05) is 25.4 Å². The van der Waals surface area contributed by atoms with Gasteiger partial charge in [-0.1, -0.05) is 17.8 Å². The van der Waals surface area contributed by atoms with Gasteiger partial charge in [-0.3, -0.25) is 4.98 Å². The molecule has 33 heavy (non-hydrogen) atoms. The van der Waals surface area contributed by atoms with Gasteiger partial charge < -0.3 is 13.9 Å². The number of halogens is 3. The third-order valence-corrected chi connectivity index (χ3v) is 7.87. The average molecular weight is 479 g/mol. The first-order valence-electron chi connectivity index (χ1n) is 10.9. The summed E-state index contributed by atoms with van der Waals surface area (Å²) in [6.45, 7) is 4.91. The SMILES string of the molecule is Cc1ncoc1-c1nnc(SCCCN2CC[C@@]3(C[C@@H]3c3ccc(C(F)(F)F)nc3)C2)n1C. The Morgan fingerprint density at radius 2 is 2.09 bits per heavy atom. The lowest BCUT2D eigenvalue weighted by molar-refractivity contribution is -0.141. The largest absolute Gasteiger partial charge is 0.440 e. The van der Waals surface area contributed by atoms with Crippen LogP contribution in [0.2, 0.25) is 0 Å². The number of likely N-dealkylation sites (tertiary alicyclic amines) is 1. The molecule has 2 atom stereocenters. The quantitative estimate of drug-likeness (QED) is 0.364. The minimum Gasteiger partial charge on any atom is -0.440 e. The minimum atomic E-state index is -4.39. The van der Waals surface area contributed by atoms with Gasteiger partial charge in [0.1, 0.15) is 5.69 Å². The van der Waals surface area contributed by atoms with E-state index < -0.39 is 11.9 Å². The van der Waals surface area contributed by atoms with Gasteiger partial charge in [0.15, 0.2) is 17.3 Å². The smallest absolute Gasteiger partial charge is 0.433 e. The van der Waals surface area contributed by atoms with Gasteiger partial charge in [-0.2, -0.15) is 13.2 Å². The van der Waals surface area contributed by atoms with Crippen molar-refractivity contribution in [3.8, 4) is 11.6 Å². The van der Waals surface area contributed by atoms with E-state index in [0.717, 1.165) is 67.1 Å². The molecule has 0 unspecified atom stereocenters. The highest BCUT2D eigenvalue weighted by atomic mass is 32.2. The summed E-state index contributed by atoms with van der Waals surface area (Å²) in [5.41, 5.74) is 1.11. The summed E-state index contributed by atoms with van der Waals surface area (Å²) in [7, 11) is 1.92. The average Bonchev–Trinajstić information content (AvgIpc) is 3.05. The zero-order valence-corrected chi connectivity index (χ0v) is 19.3. The van der Waals surface area contributed by atoms with Crippen LogP contribution in [0.25, 0.3) is 11.6 Å². The molecule has 1 aliphatic carbocycles. The third-order valence-electron chi connectivity index (χ3n) is 6.77. The van der Waals surface area contributed by atoms with Crippen LogP contribution < -0.4 is 0 Å². The molecule has 1 spiro atoms. The van der Waals surface area contributed by atoms with Gasteiger partial charge >= 0.3 is 6.18 Å². The van der Waals surface area contributed by atoms with E-state index in [1.807, 2.05) is 18.5 Å². The molecule has 1 saturated carbocycles. The van der Waals surface area contributed by atoms with Gasteiger partial charge in [0, 0.05) is 25.5 Å². The Morgan fingerprint density at radius 1 is 1.24 bits per heavy atom. The molecule has 5 rings (SSSR count). The Labute approximate surface area is 193 Å². The summed E-state index contributed by atoms with van der Waals surface area (Å²) in [5, 5.41) is 9.36. The normalized spacial score (nSPS) is 23.0. The maximum atomic E-state index is 12.8. The number of aryl methyl sites for hydroxylation is 1. The molecule has 2 aliphatic rings. The van der Waals surface area contributed by atoms with Crippen LogP contribution in [0.15, 0.2) is 34.3 Å². The van der Waals surface area contributed by atoms with Crippen molar-refractivity contribution in [2.45, 2.75) is 43.4 Å². The molecular weight excluding hydrogens is 453 g/mol. The molecule has 0 amide bonds. The molecule has 0 N–H and O–H groups in total. The zero-order chi connectivity index (χ0) is 23.2. The number of oxazole rings is 1. The fourth-order valence-electron chi connectivity index (χ4n) is 4.83. The Kier molecular flexibility index (Phi) is 5.72. The van der Waals surface area contributed by atoms with E-state index in [1.54, 1.807) is 17.8 Å². The highest BCUT2D eigenvalue weighted by Gasteiger charge is 2.57. The van der Waals surface area contributed by atoms with E-state index in [1.165, 1.54) is 12.6 Å². The first kappa shape index (κ1) is 22.4. The van der Waals surface area contributed by atoms with Crippen LogP contribution in [0, 0.1) is 12.3 Å². The summed E-state index contributed by atoms with van der Waals surface area (Å²) >= 11 is 1.67. The summed E-state index contributed by atoms with van der Waals surface area (Å²) in [4.78, 5) is 10.2. The van der Waals surface area contributed by atoms with Crippen molar-refractivity contribution in [1.29, 1.82) is 0 Å². The monoisotopic (exact) mass is 478 g/mol. The van der Waals surface area contributed by atoms with E-state index in [-0.39, 0.29) is 5.41 Å². The molecule has 0 radical (unpaired) electrons. The van der Waals surface area contributed by atoms with Crippen LogP contribution in [-0.2, 0) is 13.2 Å². The topological polar surface area (TPSA) is 72.9 Å². The highest BCUT2D eigenvalue weighted by molar-refractivity contribution is 7.99. The molecule has 11 heteroatoms. The maximum Gasteiger partial charge on any atom is 0.433 e. The molecule has 2 fully saturated rings. The van der Waals surface area contributed by atoms with E-state index in [0.29, 0.717) is 17.5 Å². The first-order chi connectivity index (χ1) is 15.8. The van der Waals surface area contributed by atoms with Crippen molar-refractivity contribution >= 4 is 11.8 Å². The predicted octanol–water partition coefficient (Wildman–Crippen LogP) is 4.55. The third kappa shape index (κ3) is 4.40. The van der Waals surface area contributed by atoms with Crippen molar-refractivity contribution < 1.29 is 17.6 Å². The number of rotatable bonds is 7. The number of hydrogen-bond donors (Lipinski definition) is 0. The van der Waals surface area contributed by atoms with Crippen molar-refractivity contribution in [2.24, 2.45) is 12.5 Å². The van der Waals surface area contributed by atoms with E-state index in [2.05, 4.69) is 25.1 Å². The fourth-order valence-corrected chi connectivity index (χ4v) is 5.67. The van der Waals surface area contributed by atoms with Crippen molar-refractivity contribution in [3.05, 3.63) is 41.7 Å². The Bertz CT molecular complexity index is 1130. The van der Waals surface area contributed by atoms with Gasteiger partial charge in [-0.05, 0) is 62.2 Å². The van der Waals surface area contributed by atoms with E-state index in [9.17, 15) is 13.2 Å². The summed E-state index contributed by atoms with van der Waals surface area (Å²) in [5.74, 6) is 2.56. The molecule has 0 aromatic carbocycles. The lowest BCUT2D eigenvalue weighted by Crippen LogP contribution is -2.23. The second-order valence-electron chi connectivity index (χ2n) is 8.95. The van der Waals surface area contributed by atoms with Crippen LogP contribution in [-0.4, -0.2) is 55.0 Å². The zero-order valence-electron chi connectivity index (χ0n) is 18.5. The molecule has 1 saturated heterocycles. The number of thioether (sulfide) groups is 1. The predicted molar refractivity (Wildman–Crippen MR) is 117 cm³/mol. The Hall–Kier alpha value is -2.40. The van der Waals surface area contributed by atoms with Crippen molar-refractivity contribution in [3.63, 3.8) is 0 Å². The molecule has 7 nitrogen and oxygen atoms in total. The van der Waals surface area contributed by atoms with Crippen LogP contribution in [0.3, 0.4) is 0 Å². The molecule has 176 valence electrons. The van der Waals surface area contributed by atoms with E-state index in [4.69, 9.17) is 4.42 Å². The fraction of sp³-hybridized carbons (Fsp3) is 0.545. The molecular formula is C22H25F3N6OS. The van der Waals surface area contributed by atoms with E-state index >= 15 is 0 Å². The second-order valence-corrected chi connectivity index (χ2v) is 10.0. The number of nitrogens with zero attached hydrogens (tertiary/aromatic N) is 6. The molecule has 3 aromatic heterocycles. The van der Waals surface area contributed by atoms with Gasteiger partial charge in [-0.25, -0.2) is 4.98 Å². The standard InChI is InChI=1S/C22H25F3N6OS/c1-14-18(32-13-27-14)19-28-29-20(30(19)2)33-9-3-7-31-8-6-21(12-31)10-16(21)15-4-5-17(26-11-15)22(23,24)25/h4-5,11,13,16H,3,6-10,12H2,1-2H3/t16-,21-/m1/s1. The van der Waals surface area contributed by atoms with Gasteiger partial charge in [0.2, 0.25) is 5.82 Å². The number of aromatic nitrogens is 5. The number of hydrogen-bond acceptors (Lipinski definition) is 7. The molecule has 0 bridgehead atoms. The summed E-state index contributed by atoms with van der Waals surface area (Å²) < 4.78 is 45.6. The Morgan fingerprint density at radius 3 is 2.79 bits per heavy atom. The summed E-state index contributed by atoms with van der Waals surface area (Å²) in [6.07, 6.45) is 1.59. The lowest BCUT2D eigenvalue weighted by Gasteiger charge is -2.16. The maximum absolute atomic E-state index is 12.8. The lowest BCUT2D eigenvalue weighted by atomic mass is 9.99. The van der Waals surface area contributed by atoms with Crippen LogP contribution in [0.1, 0.15) is 42.1 Å². The van der Waals surface area contributed by atoms with Crippen LogP contribution >= 0.6 is 11.8 Å². The molecule has 3 aromatic rings. The van der Waals surface area contributed by atoms with Crippen LogP contribution in [0.5, 0.6) is 0 Å². The minimum absolute atomic E-state index is 0.210. The molecule has 1 aliphatic heterocycles. The van der Waals surface area contributed by atoms with Gasteiger partial charge in [-0.15, -0.1) is 10.2 Å².